The lowest BCUT2D eigenvalue weighted by Gasteiger charge is -2.26. The second-order valence-corrected chi connectivity index (χ2v) is 10.2. The van der Waals surface area contributed by atoms with Crippen molar-refractivity contribution in [3.05, 3.63) is 60.2 Å². The number of rotatable bonds is 9. The fourth-order valence-electron chi connectivity index (χ4n) is 3.72. The van der Waals surface area contributed by atoms with Gasteiger partial charge < -0.3 is 10.2 Å². The van der Waals surface area contributed by atoms with E-state index in [4.69, 9.17) is 0 Å². The van der Waals surface area contributed by atoms with E-state index in [0.717, 1.165) is 24.9 Å². The lowest BCUT2D eigenvalue weighted by molar-refractivity contribution is -0.118. The Bertz CT molecular complexity index is 956. The normalized spacial score (nSPS) is 16.9. The van der Waals surface area contributed by atoms with Crippen LogP contribution in [0, 0.1) is 0 Å². The molecule has 2 atom stereocenters. The Morgan fingerprint density at radius 2 is 1.65 bits per heavy atom. The number of hydrogen-bond donors (Lipinski definition) is 2. The van der Waals surface area contributed by atoms with Gasteiger partial charge in [0.2, 0.25) is 15.9 Å². The van der Waals surface area contributed by atoms with Crippen molar-refractivity contribution in [1.29, 1.82) is 0 Å². The number of hydrogen-bond acceptors (Lipinski definition) is 5. The molecule has 1 heterocycles. The van der Waals surface area contributed by atoms with Gasteiger partial charge in [-0.05, 0) is 63.7 Å². The summed E-state index contributed by atoms with van der Waals surface area (Å²) in [7, 11) is 0.545. The molecule has 0 aliphatic carbocycles. The van der Waals surface area contributed by atoms with Crippen LogP contribution in [0.5, 0.6) is 0 Å². The average molecular weight is 445 g/mol. The number of likely N-dealkylation sites (N-methyl/N-ethyl adjacent to an activating group) is 1. The molecule has 1 aliphatic rings. The maximum absolute atomic E-state index is 12.7. The number of amides is 1. The molecule has 8 heteroatoms. The van der Waals surface area contributed by atoms with Gasteiger partial charge in [-0.25, -0.2) is 8.42 Å². The first-order chi connectivity index (χ1) is 14.8. The molecule has 0 spiro atoms. The van der Waals surface area contributed by atoms with Crippen molar-refractivity contribution in [2.75, 3.05) is 39.0 Å². The third-order valence-corrected chi connectivity index (χ3v) is 7.33. The molecule has 168 valence electrons. The summed E-state index contributed by atoms with van der Waals surface area (Å²) in [6.07, 6.45) is 1.80. The molecule has 0 saturated carbocycles. The van der Waals surface area contributed by atoms with Crippen LogP contribution in [0.25, 0.3) is 0 Å². The van der Waals surface area contributed by atoms with Crippen molar-refractivity contribution in [2.24, 2.45) is 0 Å². The summed E-state index contributed by atoms with van der Waals surface area (Å²) in [6, 6.07) is 16.0. The first-order valence-electron chi connectivity index (χ1n) is 10.6. The van der Waals surface area contributed by atoms with Gasteiger partial charge in [0.25, 0.3) is 0 Å². The third kappa shape index (κ3) is 6.13. The van der Waals surface area contributed by atoms with Crippen molar-refractivity contribution < 1.29 is 13.2 Å². The molecule has 1 saturated heterocycles. The maximum atomic E-state index is 12.7. The Kier molecular flexibility index (Phi) is 7.83. The van der Waals surface area contributed by atoms with Crippen LogP contribution in [0.2, 0.25) is 0 Å². The molecule has 2 unspecified atom stereocenters. The Hall–Kier alpha value is -2.26. The summed E-state index contributed by atoms with van der Waals surface area (Å²) in [5.41, 5.74) is 1.69. The first-order valence-corrected chi connectivity index (χ1v) is 12.1. The Labute approximate surface area is 185 Å². The van der Waals surface area contributed by atoms with Crippen LogP contribution in [0.15, 0.2) is 59.5 Å². The van der Waals surface area contributed by atoms with E-state index in [9.17, 15) is 13.2 Å². The number of carbonyl (C=O) groups is 1. The molecule has 0 bridgehead atoms. The van der Waals surface area contributed by atoms with Crippen molar-refractivity contribution >= 4 is 21.6 Å². The van der Waals surface area contributed by atoms with Crippen LogP contribution in [-0.2, 0) is 14.8 Å². The summed E-state index contributed by atoms with van der Waals surface area (Å²) in [5, 5.41) is 6.28. The number of nitrogens with zero attached hydrogens (tertiary/aromatic N) is 2. The molecular weight excluding hydrogens is 412 g/mol. The van der Waals surface area contributed by atoms with Gasteiger partial charge in [0.15, 0.2) is 0 Å². The van der Waals surface area contributed by atoms with Crippen molar-refractivity contribution in [2.45, 2.75) is 36.7 Å². The quantitative estimate of drug-likeness (QED) is 0.622. The zero-order chi connectivity index (χ0) is 22.4. The van der Waals surface area contributed by atoms with Crippen LogP contribution in [-0.4, -0.2) is 63.3 Å². The van der Waals surface area contributed by atoms with E-state index in [2.05, 4.69) is 15.5 Å². The molecule has 31 heavy (non-hydrogen) atoms. The molecule has 1 fully saturated rings. The van der Waals surface area contributed by atoms with E-state index < -0.39 is 16.1 Å². The van der Waals surface area contributed by atoms with Gasteiger partial charge in [-0.2, -0.15) is 4.31 Å². The Balaban J connectivity index is 1.63. The Morgan fingerprint density at radius 1 is 1.03 bits per heavy atom. The summed E-state index contributed by atoms with van der Waals surface area (Å²) >= 11 is 0. The molecule has 2 aromatic rings. The van der Waals surface area contributed by atoms with Crippen LogP contribution < -0.4 is 10.6 Å². The molecule has 1 aliphatic heterocycles. The Morgan fingerprint density at radius 3 is 2.23 bits per heavy atom. The van der Waals surface area contributed by atoms with E-state index in [1.54, 1.807) is 24.3 Å². The molecule has 2 aromatic carbocycles. The smallest absolute Gasteiger partial charge is 0.243 e. The SMILES string of the molecule is CC(NC(CN(C)C)c1ccccc1)C(=O)Nc1ccc(S(=O)(=O)N2CCCC2)cc1. The van der Waals surface area contributed by atoms with Crippen molar-refractivity contribution in [3.63, 3.8) is 0 Å². The number of sulfonamides is 1. The minimum atomic E-state index is -3.45. The van der Waals surface area contributed by atoms with E-state index in [-0.39, 0.29) is 16.8 Å². The number of benzene rings is 2. The summed E-state index contributed by atoms with van der Waals surface area (Å²) in [6.45, 7) is 3.72. The largest absolute Gasteiger partial charge is 0.325 e. The molecule has 0 aromatic heterocycles. The van der Waals surface area contributed by atoms with Crippen molar-refractivity contribution in [3.8, 4) is 0 Å². The molecular formula is C23H32N4O3S. The summed E-state index contributed by atoms with van der Waals surface area (Å²) in [4.78, 5) is 15.1. The highest BCUT2D eigenvalue weighted by Gasteiger charge is 2.27. The van der Waals surface area contributed by atoms with E-state index in [1.165, 1.54) is 4.31 Å². The van der Waals surface area contributed by atoms with Crippen LogP contribution >= 0.6 is 0 Å². The minimum absolute atomic E-state index is 0.00456. The second-order valence-electron chi connectivity index (χ2n) is 8.24. The maximum Gasteiger partial charge on any atom is 0.243 e. The fraction of sp³-hybridized carbons (Fsp3) is 0.435. The standard InChI is InChI=1S/C23H32N4O3S/c1-18(24-22(17-26(2)3)19-9-5-4-6-10-19)23(28)25-20-11-13-21(14-12-20)31(29,30)27-15-7-8-16-27/h4-6,9-14,18,22,24H,7-8,15-17H2,1-3H3,(H,25,28). The van der Waals surface area contributed by atoms with Crippen LogP contribution in [0.1, 0.15) is 31.4 Å². The van der Waals surface area contributed by atoms with E-state index in [0.29, 0.717) is 18.8 Å². The van der Waals surface area contributed by atoms with Gasteiger partial charge in [0.1, 0.15) is 0 Å². The van der Waals surface area contributed by atoms with Gasteiger partial charge in [-0.1, -0.05) is 30.3 Å². The monoisotopic (exact) mass is 444 g/mol. The van der Waals surface area contributed by atoms with Gasteiger partial charge in [-0.3, -0.25) is 10.1 Å². The fourth-order valence-corrected chi connectivity index (χ4v) is 5.24. The highest BCUT2D eigenvalue weighted by Crippen LogP contribution is 2.22. The third-order valence-electron chi connectivity index (χ3n) is 5.42. The van der Waals surface area contributed by atoms with Crippen LogP contribution in [0.4, 0.5) is 5.69 Å². The van der Waals surface area contributed by atoms with Gasteiger partial charge in [-0.15, -0.1) is 0 Å². The lowest BCUT2D eigenvalue weighted by Crippen LogP contribution is -2.43. The van der Waals surface area contributed by atoms with Gasteiger partial charge in [0, 0.05) is 31.4 Å². The second kappa shape index (κ2) is 10.4. The zero-order valence-corrected chi connectivity index (χ0v) is 19.2. The predicted molar refractivity (Wildman–Crippen MR) is 123 cm³/mol. The predicted octanol–water partition coefficient (Wildman–Crippen LogP) is 2.69. The van der Waals surface area contributed by atoms with E-state index >= 15 is 0 Å². The summed E-state index contributed by atoms with van der Waals surface area (Å²) < 4.78 is 26.8. The van der Waals surface area contributed by atoms with E-state index in [1.807, 2.05) is 51.4 Å². The number of nitrogens with one attached hydrogen (secondary N) is 2. The number of anilines is 1. The lowest BCUT2D eigenvalue weighted by atomic mass is 10.1. The molecule has 0 radical (unpaired) electrons. The van der Waals surface area contributed by atoms with Gasteiger partial charge >= 0.3 is 0 Å². The minimum Gasteiger partial charge on any atom is -0.325 e. The highest BCUT2D eigenvalue weighted by molar-refractivity contribution is 7.89. The van der Waals surface area contributed by atoms with Crippen LogP contribution in [0.3, 0.4) is 0 Å². The molecule has 1 amide bonds. The van der Waals surface area contributed by atoms with Crippen molar-refractivity contribution in [1.82, 2.24) is 14.5 Å². The topological polar surface area (TPSA) is 81.8 Å². The zero-order valence-electron chi connectivity index (χ0n) is 18.4. The highest BCUT2D eigenvalue weighted by atomic mass is 32.2. The number of carbonyl (C=O) groups excluding carboxylic acids is 1. The average Bonchev–Trinajstić information content (AvgIpc) is 3.30. The molecule has 3 rings (SSSR count). The molecule has 7 nitrogen and oxygen atoms in total. The first kappa shape index (κ1) is 23.4. The molecule has 2 N–H and O–H groups in total. The summed E-state index contributed by atoms with van der Waals surface area (Å²) in [5.74, 6) is -0.171. The van der Waals surface area contributed by atoms with Gasteiger partial charge in [0.05, 0.1) is 10.9 Å².